The minimum atomic E-state index is -0.871. The molecule has 1 N–H and O–H groups in total. The molecule has 4 rings (SSSR count). The molecule has 2 aromatic carbocycles. The molecular weight excluding hydrogens is 468 g/mol. The number of carbonyl (C=O) groups excluding carboxylic acids is 2. The lowest BCUT2D eigenvalue weighted by Crippen LogP contribution is -2.43. The van der Waals surface area contributed by atoms with E-state index in [1.54, 1.807) is 63.2 Å². The van der Waals surface area contributed by atoms with E-state index in [-0.39, 0.29) is 48.6 Å². The molecular formula is C24H26N6O6. The second-order valence-corrected chi connectivity index (χ2v) is 7.99. The maximum Gasteiger partial charge on any atom is 0.352 e. The van der Waals surface area contributed by atoms with Crippen LogP contribution in [0.15, 0.2) is 42.5 Å². The summed E-state index contributed by atoms with van der Waals surface area (Å²) in [6, 6.07) is 10.7. The van der Waals surface area contributed by atoms with E-state index in [9.17, 15) is 20.0 Å². The molecule has 12 nitrogen and oxygen atoms in total. The highest BCUT2D eigenvalue weighted by atomic mass is 16.5. The Morgan fingerprint density at radius 2 is 1.75 bits per heavy atom. The minimum absolute atomic E-state index is 0.0122. The number of hydrogen-bond donors (Lipinski definition) is 1. The van der Waals surface area contributed by atoms with Gasteiger partial charge in [0.25, 0.3) is 11.2 Å². The lowest BCUT2D eigenvalue weighted by Gasteiger charge is -2.16. The third-order valence-corrected chi connectivity index (χ3v) is 5.68. The maximum absolute atomic E-state index is 13.0. The fraction of sp³-hybridized carbons (Fsp3) is 0.333. The van der Waals surface area contributed by atoms with E-state index in [1.165, 1.54) is 4.68 Å². The van der Waals surface area contributed by atoms with Crippen LogP contribution in [0.4, 0.5) is 11.5 Å². The van der Waals surface area contributed by atoms with E-state index < -0.39 is 18.0 Å². The van der Waals surface area contributed by atoms with E-state index in [1.807, 2.05) is 0 Å². The fourth-order valence-corrected chi connectivity index (χ4v) is 3.95. The summed E-state index contributed by atoms with van der Waals surface area (Å²) in [5, 5.41) is 36.9. The molecule has 0 aliphatic rings. The highest BCUT2D eigenvalue weighted by molar-refractivity contribution is 5.83. The van der Waals surface area contributed by atoms with Gasteiger partial charge in [0.05, 0.1) is 18.7 Å². The van der Waals surface area contributed by atoms with Gasteiger partial charge < -0.3 is 19.9 Å². The summed E-state index contributed by atoms with van der Waals surface area (Å²) in [4.78, 5) is 24.5. The number of hydrogen-bond acceptors (Lipinski definition) is 9. The molecule has 0 radical (unpaired) electrons. The molecule has 0 fully saturated rings. The lowest BCUT2D eigenvalue weighted by molar-refractivity contribution is -0.623. The third-order valence-electron chi connectivity index (χ3n) is 5.68. The van der Waals surface area contributed by atoms with Crippen LogP contribution in [0.3, 0.4) is 0 Å². The van der Waals surface area contributed by atoms with E-state index in [4.69, 9.17) is 9.47 Å². The number of carbonyl (C=O) groups is 2. The normalized spacial score (nSPS) is 12.0. The van der Waals surface area contributed by atoms with Gasteiger partial charge in [-0.1, -0.05) is 17.3 Å². The topological polar surface area (TPSA) is 149 Å². The smallest absolute Gasteiger partial charge is 0.352 e. The van der Waals surface area contributed by atoms with Crippen molar-refractivity contribution in [3.63, 3.8) is 0 Å². The molecule has 36 heavy (non-hydrogen) atoms. The molecule has 0 aliphatic heterocycles. The zero-order valence-electron chi connectivity index (χ0n) is 20.1. The fourth-order valence-electron chi connectivity index (χ4n) is 3.95. The number of benzene rings is 2. The Bertz CT molecular complexity index is 1440. The number of para-hydroxylation sites is 2. The van der Waals surface area contributed by atoms with Gasteiger partial charge in [0.1, 0.15) is 11.2 Å². The molecule has 4 aromatic rings. The number of nitrogens with one attached hydrogen (secondary N) is 1. The van der Waals surface area contributed by atoms with Gasteiger partial charge in [-0.15, -0.1) is 5.10 Å². The van der Waals surface area contributed by atoms with Gasteiger partial charge in [0.15, 0.2) is 6.04 Å². The van der Waals surface area contributed by atoms with Crippen LogP contribution in [0.1, 0.15) is 38.4 Å². The first-order valence-corrected chi connectivity index (χ1v) is 11.5. The molecule has 188 valence electrons. The summed E-state index contributed by atoms with van der Waals surface area (Å²) < 4.78 is 12.9. The predicted octanol–water partition coefficient (Wildman–Crippen LogP) is 2.35. The number of esters is 2. The zero-order valence-corrected chi connectivity index (χ0v) is 20.1. The van der Waals surface area contributed by atoms with E-state index in [2.05, 4.69) is 15.6 Å². The Morgan fingerprint density at radius 3 is 2.44 bits per heavy atom. The van der Waals surface area contributed by atoms with Crippen LogP contribution in [-0.4, -0.2) is 40.1 Å². The number of aromatic nitrogens is 5. The van der Waals surface area contributed by atoms with Crippen LogP contribution in [-0.2, 0) is 19.1 Å². The first-order chi connectivity index (χ1) is 17.3. The number of anilines is 2. The summed E-state index contributed by atoms with van der Waals surface area (Å²) in [6.07, 6.45) is 0.143. The molecule has 0 bridgehead atoms. The number of fused-ring (bicyclic) bond motifs is 2. The van der Waals surface area contributed by atoms with Gasteiger partial charge >= 0.3 is 17.8 Å². The summed E-state index contributed by atoms with van der Waals surface area (Å²) in [7, 11) is 0. The Labute approximate surface area is 206 Å². The molecule has 1 atom stereocenters. The van der Waals surface area contributed by atoms with Crippen molar-refractivity contribution in [1.29, 1.82) is 0 Å². The molecule has 1 unspecified atom stereocenters. The molecule has 2 heterocycles. The van der Waals surface area contributed by atoms with Crippen molar-refractivity contribution >= 4 is 45.5 Å². The van der Waals surface area contributed by atoms with Gasteiger partial charge in [-0.2, -0.15) is 4.73 Å². The van der Waals surface area contributed by atoms with E-state index >= 15 is 0 Å². The van der Waals surface area contributed by atoms with Crippen LogP contribution in [0, 0.1) is 17.3 Å². The zero-order chi connectivity index (χ0) is 25.8. The molecule has 0 saturated heterocycles. The summed E-state index contributed by atoms with van der Waals surface area (Å²) in [5.74, 6) is -0.876. The van der Waals surface area contributed by atoms with Crippen molar-refractivity contribution in [3.05, 3.63) is 58.6 Å². The molecule has 0 spiro atoms. The van der Waals surface area contributed by atoms with Crippen molar-refractivity contribution < 1.29 is 28.5 Å². The second kappa shape index (κ2) is 10.4. The Balaban J connectivity index is 1.66. The molecule has 0 saturated carbocycles. The van der Waals surface area contributed by atoms with Crippen LogP contribution >= 0.6 is 0 Å². The number of ether oxygens (including phenoxy) is 2. The van der Waals surface area contributed by atoms with Crippen molar-refractivity contribution in [2.75, 3.05) is 18.5 Å². The van der Waals surface area contributed by atoms with E-state index in [0.29, 0.717) is 26.2 Å². The van der Waals surface area contributed by atoms with Crippen LogP contribution < -0.4 is 14.8 Å². The first-order valence-electron chi connectivity index (χ1n) is 11.5. The molecule has 0 amide bonds. The molecule has 12 heteroatoms. The average Bonchev–Trinajstić information content (AvgIpc) is 3.29. The van der Waals surface area contributed by atoms with Crippen molar-refractivity contribution in [3.8, 4) is 0 Å². The van der Waals surface area contributed by atoms with Gasteiger partial charge in [-0.05, 0) is 38.5 Å². The van der Waals surface area contributed by atoms with Crippen molar-refractivity contribution in [2.24, 2.45) is 0 Å². The van der Waals surface area contributed by atoms with Crippen LogP contribution in [0.2, 0.25) is 0 Å². The third kappa shape index (κ3) is 4.69. The van der Waals surface area contributed by atoms with Gasteiger partial charge in [-0.3, -0.25) is 4.79 Å². The molecule has 0 aliphatic carbocycles. The van der Waals surface area contributed by atoms with Gasteiger partial charge in [0, 0.05) is 25.5 Å². The average molecular weight is 495 g/mol. The minimum Gasteiger partial charge on any atom is -0.710 e. The Kier molecular flexibility index (Phi) is 7.13. The second-order valence-electron chi connectivity index (χ2n) is 7.99. The lowest BCUT2D eigenvalue weighted by atomic mass is 10.1. The standard InChI is InChI=1S/C24H26N6O6/c1-4-35-22(31)13-12-21(24(32)36-5-2)28-18-11-10-16(14-17(18)26-27-28)25-23-15(3)29(33)19-8-6-7-9-20(19)30(23)34/h6-11,14,21,25H,4-5,12-13H2,1-3H3. The van der Waals surface area contributed by atoms with Crippen molar-refractivity contribution in [2.45, 2.75) is 39.7 Å². The molecule has 2 aromatic heterocycles. The number of nitrogens with zero attached hydrogens (tertiary/aromatic N) is 5. The summed E-state index contributed by atoms with van der Waals surface area (Å²) >= 11 is 0. The quantitative estimate of drug-likeness (QED) is 0.210. The predicted molar refractivity (Wildman–Crippen MR) is 129 cm³/mol. The summed E-state index contributed by atoms with van der Waals surface area (Å²) in [6.45, 7) is 5.38. The van der Waals surface area contributed by atoms with E-state index in [0.717, 1.165) is 0 Å². The van der Waals surface area contributed by atoms with Gasteiger partial charge in [-0.25, -0.2) is 19.5 Å². The highest BCUT2D eigenvalue weighted by Gasteiger charge is 2.27. The van der Waals surface area contributed by atoms with Crippen LogP contribution in [0.5, 0.6) is 0 Å². The monoisotopic (exact) mass is 494 g/mol. The summed E-state index contributed by atoms with van der Waals surface area (Å²) in [5.41, 5.74) is 2.17. The Hall–Kier alpha value is -4.48. The Morgan fingerprint density at radius 1 is 1.06 bits per heavy atom. The first kappa shape index (κ1) is 24.6. The largest absolute Gasteiger partial charge is 0.710 e. The van der Waals surface area contributed by atoms with Gasteiger partial charge in [0.2, 0.25) is 5.52 Å². The number of rotatable bonds is 9. The van der Waals surface area contributed by atoms with Crippen molar-refractivity contribution in [1.82, 2.24) is 15.0 Å². The maximum atomic E-state index is 13.0. The highest BCUT2D eigenvalue weighted by Crippen LogP contribution is 2.25. The van der Waals surface area contributed by atoms with Crippen LogP contribution in [0.25, 0.3) is 22.1 Å². The SMILES string of the molecule is CCOC(=O)CCC(C(=O)OCC)n1nnc2cc(Nc3c(C)[n+]([O-])c4ccccc4[n+]3[O-])ccc21.